The first-order chi connectivity index (χ1) is 6.90. The predicted molar refractivity (Wildman–Crippen MR) is 56.2 cm³/mol. The minimum atomic E-state index is -0.928. The fourth-order valence-corrected chi connectivity index (χ4v) is 0.493. The topological polar surface area (TPSA) is 116 Å². The summed E-state index contributed by atoms with van der Waals surface area (Å²) in [4.78, 5) is 20.2. The van der Waals surface area contributed by atoms with E-state index in [9.17, 15) is 9.59 Å². The molecule has 0 aromatic heterocycles. The van der Waals surface area contributed by atoms with E-state index in [1.54, 1.807) is 6.92 Å². The molecule has 0 radical (unpaired) electrons. The molecule has 0 rings (SSSR count). The molecule has 0 saturated carbocycles. The molecular weight excluding hydrogens is 200 g/mol. The van der Waals surface area contributed by atoms with Crippen molar-refractivity contribution in [2.75, 3.05) is 7.11 Å². The molecule has 0 spiro atoms. The second-order valence-corrected chi connectivity index (χ2v) is 2.89. The van der Waals surface area contributed by atoms with Gasteiger partial charge in [0.25, 0.3) is 0 Å². The van der Waals surface area contributed by atoms with Crippen molar-refractivity contribution >= 4 is 11.9 Å². The molecule has 6 nitrogen and oxygen atoms in total. The molecule has 15 heavy (non-hydrogen) atoms. The summed E-state index contributed by atoms with van der Waals surface area (Å²) >= 11 is 0. The number of carbonyl (C=O) groups is 2. The van der Waals surface area contributed by atoms with Gasteiger partial charge in [-0.25, -0.2) is 0 Å². The van der Waals surface area contributed by atoms with Crippen LogP contribution in [0.25, 0.3) is 0 Å². The molecular formula is C9H20N2O4. The summed E-state index contributed by atoms with van der Waals surface area (Å²) in [5.41, 5.74) is 10.3. The minimum absolute atomic E-state index is 0.340. The van der Waals surface area contributed by atoms with E-state index in [4.69, 9.17) is 16.6 Å². The molecule has 0 aromatic rings. The molecule has 6 heteroatoms. The number of carboxylic acid groups (broad SMARTS) is 1. The highest BCUT2D eigenvalue weighted by atomic mass is 16.5. The van der Waals surface area contributed by atoms with Crippen molar-refractivity contribution < 1.29 is 19.4 Å². The van der Waals surface area contributed by atoms with Gasteiger partial charge in [0.1, 0.15) is 12.1 Å². The number of ether oxygens (including phenoxy) is 1. The fraction of sp³-hybridized carbons (Fsp3) is 0.778. The first kappa shape index (κ1) is 16.3. The second-order valence-electron chi connectivity index (χ2n) is 2.89. The smallest absolute Gasteiger partial charge is 0.322 e. The van der Waals surface area contributed by atoms with E-state index < -0.39 is 18.1 Å². The number of methoxy groups -OCH3 is 1. The van der Waals surface area contributed by atoms with E-state index in [-0.39, 0.29) is 5.97 Å². The average Bonchev–Trinajstić information content (AvgIpc) is 2.26. The SMILES string of the molecule is CC[C@@H](N)C(=O)O.CC[C@@H](N)C(=O)OC. The zero-order valence-corrected chi connectivity index (χ0v) is 9.40. The Labute approximate surface area is 89.6 Å². The summed E-state index contributed by atoms with van der Waals surface area (Å²) in [6.45, 7) is 3.57. The molecule has 0 aliphatic carbocycles. The summed E-state index contributed by atoms with van der Waals surface area (Å²) in [5, 5.41) is 8.06. The summed E-state index contributed by atoms with van der Waals surface area (Å²) in [5.74, 6) is -1.27. The quantitative estimate of drug-likeness (QED) is 0.560. The maximum atomic E-state index is 10.4. The highest BCUT2D eigenvalue weighted by molar-refractivity contribution is 5.75. The molecule has 0 heterocycles. The van der Waals surface area contributed by atoms with Gasteiger partial charge in [-0.3, -0.25) is 9.59 Å². The van der Waals surface area contributed by atoms with E-state index in [2.05, 4.69) is 4.74 Å². The number of nitrogens with two attached hydrogens (primary N) is 2. The Morgan fingerprint density at radius 1 is 1.20 bits per heavy atom. The lowest BCUT2D eigenvalue weighted by Gasteiger charge is -2.03. The monoisotopic (exact) mass is 220 g/mol. The van der Waals surface area contributed by atoms with Crippen LogP contribution in [-0.4, -0.2) is 36.2 Å². The number of rotatable bonds is 4. The van der Waals surface area contributed by atoms with Crippen LogP contribution >= 0.6 is 0 Å². The van der Waals surface area contributed by atoms with E-state index in [1.165, 1.54) is 7.11 Å². The summed E-state index contributed by atoms with van der Waals surface area (Å²) in [6.07, 6.45) is 1.13. The molecule has 5 N–H and O–H groups in total. The van der Waals surface area contributed by atoms with Crippen LogP contribution in [0.5, 0.6) is 0 Å². The number of carboxylic acids is 1. The van der Waals surface area contributed by atoms with E-state index >= 15 is 0 Å². The van der Waals surface area contributed by atoms with Gasteiger partial charge >= 0.3 is 11.9 Å². The molecule has 2 atom stereocenters. The van der Waals surface area contributed by atoms with Crippen LogP contribution in [0.4, 0.5) is 0 Å². The number of esters is 1. The lowest BCUT2D eigenvalue weighted by Crippen LogP contribution is -2.30. The lowest BCUT2D eigenvalue weighted by molar-refractivity contribution is -0.142. The Kier molecular flexibility index (Phi) is 10.2. The molecule has 0 amide bonds. The van der Waals surface area contributed by atoms with E-state index in [0.717, 1.165) is 0 Å². The number of hydrogen-bond donors (Lipinski definition) is 3. The third-order valence-corrected chi connectivity index (χ3v) is 1.70. The Morgan fingerprint density at radius 2 is 1.60 bits per heavy atom. The van der Waals surface area contributed by atoms with Crippen molar-refractivity contribution in [3.63, 3.8) is 0 Å². The third-order valence-electron chi connectivity index (χ3n) is 1.70. The minimum Gasteiger partial charge on any atom is -0.480 e. The average molecular weight is 220 g/mol. The van der Waals surface area contributed by atoms with Gasteiger partial charge in [-0.2, -0.15) is 0 Å². The standard InChI is InChI=1S/C5H11NO2.C4H9NO2/c1-3-4(6)5(7)8-2;1-2-3(5)4(6)7/h4H,3,6H2,1-2H3;3H,2,5H2,1H3,(H,6,7)/t4-;3-/m11/s1. The summed E-state index contributed by atoms with van der Waals surface area (Å²) in [6, 6.07) is -1.13. The van der Waals surface area contributed by atoms with Crippen molar-refractivity contribution in [2.45, 2.75) is 38.8 Å². The van der Waals surface area contributed by atoms with E-state index in [1.807, 2.05) is 6.92 Å². The van der Waals surface area contributed by atoms with Crippen LogP contribution in [0.15, 0.2) is 0 Å². The first-order valence-electron chi connectivity index (χ1n) is 4.72. The van der Waals surface area contributed by atoms with Crippen LogP contribution in [0.1, 0.15) is 26.7 Å². The number of aliphatic carboxylic acids is 1. The molecule has 0 aliphatic heterocycles. The number of carbonyl (C=O) groups excluding carboxylic acids is 1. The molecule has 0 aromatic carbocycles. The van der Waals surface area contributed by atoms with Crippen molar-refractivity contribution in [2.24, 2.45) is 11.5 Å². The van der Waals surface area contributed by atoms with Gasteiger partial charge in [0, 0.05) is 0 Å². The molecule has 0 bridgehead atoms. The van der Waals surface area contributed by atoms with Gasteiger partial charge in [0.05, 0.1) is 7.11 Å². The highest BCUT2D eigenvalue weighted by Crippen LogP contribution is 1.86. The van der Waals surface area contributed by atoms with Crippen molar-refractivity contribution in [1.82, 2.24) is 0 Å². The molecule has 0 aliphatic rings. The van der Waals surface area contributed by atoms with Crippen LogP contribution in [0.3, 0.4) is 0 Å². The predicted octanol–water partition coefficient (Wildman–Crippen LogP) is -0.295. The number of hydrogen-bond acceptors (Lipinski definition) is 5. The third kappa shape index (κ3) is 9.17. The van der Waals surface area contributed by atoms with Crippen molar-refractivity contribution in [3.8, 4) is 0 Å². The van der Waals surface area contributed by atoms with Gasteiger partial charge in [-0.05, 0) is 12.8 Å². The Hall–Kier alpha value is -1.14. The van der Waals surface area contributed by atoms with Gasteiger partial charge in [-0.15, -0.1) is 0 Å². The van der Waals surface area contributed by atoms with Crippen LogP contribution in [0, 0.1) is 0 Å². The van der Waals surface area contributed by atoms with Crippen molar-refractivity contribution in [1.29, 1.82) is 0 Å². The van der Waals surface area contributed by atoms with Gasteiger partial charge < -0.3 is 21.3 Å². The van der Waals surface area contributed by atoms with Crippen LogP contribution in [-0.2, 0) is 14.3 Å². The zero-order valence-electron chi connectivity index (χ0n) is 9.40. The van der Waals surface area contributed by atoms with Gasteiger partial charge in [0.2, 0.25) is 0 Å². The Balaban J connectivity index is 0. The van der Waals surface area contributed by atoms with Gasteiger partial charge in [0.15, 0.2) is 0 Å². The maximum absolute atomic E-state index is 10.4. The van der Waals surface area contributed by atoms with E-state index in [0.29, 0.717) is 12.8 Å². The highest BCUT2D eigenvalue weighted by Gasteiger charge is 2.08. The largest absolute Gasteiger partial charge is 0.480 e. The molecule has 0 saturated heterocycles. The maximum Gasteiger partial charge on any atom is 0.322 e. The van der Waals surface area contributed by atoms with Crippen LogP contribution < -0.4 is 11.5 Å². The Bertz CT molecular complexity index is 197. The first-order valence-corrected chi connectivity index (χ1v) is 4.72. The van der Waals surface area contributed by atoms with Crippen LogP contribution in [0.2, 0.25) is 0 Å². The molecule has 90 valence electrons. The molecule has 0 unspecified atom stereocenters. The lowest BCUT2D eigenvalue weighted by atomic mass is 10.2. The Morgan fingerprint density at radius 3 is 1.67 bits per heavy atom. The fourth-order valence-electron chi connectivity index (χ4n) is 0.493. The zero-order chi connectivity index (χ0) is 12.4. The normalized spacial score (nSPS) is 13.1. The molecule has 0 fully saturated rings. The summed E-state index contributed by atoms with van der Waals surface area (Å²) < 4.78 is 4.34. The van der Waals surface area contributed by atoms with Crippen molar-refractivity contribution in [3.05, 3.63) is 0 Å². The van der Waals surface area contributed by atoms with Gasteiger partial charge in [-0.1, -0.05) is 13.8 Å². The summed E-state index contributed by atoms with van der Waals surface area (Å²) in [7, 11) is 1.33. The second kappa shape index (κ2) is 9.42.